The Morgan fingerprint density at radius 2 is 1.59 bits per heavy atom. The van der Waals surface area contributed by atoms with Gasteiger partial charge in [0.1, 0.15) is 5.75 Å². The third-order valence-corrected chi connectivity index (χ3v) is 4.39. The van der Waals surface area contributed by atoms with Crippen LogP contribution in [0.5, 0.6) is 5.75 Å². The van der Waals surface area contributed by atoms with E-state index in [4.69, 9.17) is 9.47 Å². The Hall–Kier alpha value is -3.60. The SMILES string of the molecule is COC(=O)c1cccc(C(=O)Nc2ccccc2OCCCc2ccccc2)c1. The Kier molecular flexibility index (Phi) is 7.00. The third-order valence-electron chi connectivity index (χ3n) is 4.39. The number of amides is 1. The molecule has 0 atom stereocenters. The first-order chi connectivity index (χ1) is 14.2. The zero-order valence-corrected chi connectivity index (χ0v) is 16.3. The fraction of sp³-hybridized carbons (Fsp3) is 0.167. The van der Waals surface area contributed by atoms with Gasteiger partial charge in [-0.2, -0.15) is 0 Å². The number of nitrogens with one attached hydrogen (secondary N) is 1. The van der Waals surface area contributed by atoms with Crippen LogP contribution in [0, 0.1) is 0 Å². The molecule has 0 aromatic heterocycles. The van der Waals surface area contributed by atoms with Crippen LogP contribution in [0.2, 0.25) is 0 Å². The number of anilines is 1. The van der Waals surface area contributed by atoms with Crippen molar-refractivity contribution in [3.05, 3.63) is 95.6 Å². The van der Waals surface area contributed by atoms with Gasteiger partial charge in [-0.05, 0) is 48.7 Å². The highest BCUT2D eigenvalue weighted by atomic mass is 16.5. The Morgan fingerprint density at radius 3 is 2.38 bits per heavy atom. The normalized spacial score (nSPS) is 10.2. The quantitative estimate of drug-likeness (QED) is 0.447. The lowest BCUT2D eigenvalue weighted by Crippen LogP contribution is -2.14. The Morgan fingerprint density at radius 1 is 0.862 bits per heavy atom. The van der Waals surface area contributed by atoms with E-state index in [2.05, 4.69) is 17.4 Å². The number of ether oxygens (including phenoxy) is 2. The first-order valence-electron chi connectivity index (χ1n) is 9.43. The lowest BCUT2D eigenvalue weighted by molar-refractivity contribution is 0.0600. The highest BCUT2D eigenvalue weighted by Gasteiger charge is 2.13. The number of carbonyl (C=O) groups excluding carboxylic acids is 2. The van der Waals surface area contributed by atoms with Crippen molar-refractivity contribution < 1.29 is 19.1 Å². The van der Waals surface area contributed by atoms with Crippen molar-refractivity contribution >= 4 is 17.6 Å². The molecular formula is C24H23NO4. The third kappa shape index (κ3) is 5.69. The highest BCUT2D eigenvalue weighted by Crippen LogP contribution is 2.25. The van der Waals surface area contributed by atoms with Crippen molar-refractivity contribution in [3.63, 3.8) is 0 Å². The number of carbonyl (C=O) groups is 2. The molecule has 0 bridgehead atoms. The van der Waals surface area contributed by atoms with Crippen LogP contribution in [0.1, 0.15) is 32.7 Å². The van der Waals surface area contributed by atoms with Gasteiger partial charge in [0.25, 0.3) is 5.91 Å². The minimum Gasteiger partial charge on any atom is -0.491 e. The summed E-state index contributed by atoms with van der Waals surface area (Å²) in [6.07, 6.45) is 1.79. The number of hydrogen-bond donors (Lipinski definition) is 1. The van der Waals surface area contributed by atoms with Crippen LogP contribution in [-0.2, 0) is 11.2 Å². The fourth-order valence-corrected chi connectivity index (χ4v) is 2.90. The molecule has 0 radical (unpaired) electrons. The second kappa shape index (κ2) is 10.1. The number of methoxy groups -OCH3 is 1. The standard InChI is InChI=1S/C24H23NO4/c1-28-24(27)20-13-7-12-19(17-20)23(26)25-21-14-5-6-15-22(21)29-16-8-11-18-9-3-2-4-10-18/h2-7,9-10,12-15,17H,8,11,16H2,1H3,(H,25,26). The van der Waals surface area contributed by atoms with Crippen molar-refractivity contribution in [1.29, 1.82) is 0 Å². The minimum atomic E-state index is -0.484. The van der Waals surface area contributed by atoms with Crippen LogP contribution in [0.25, 0.3) is 0 Å². The molecule has 29 heavy (non-hydrogen) atoms. The van der Waals surface area contributed by atoms with Gasteiger partial charge < -0.3 is 14.8 Å². The zero-order valence-electron chi connectivity index (χ0n) is 16.3. The van der Waals surface area contributed by atoms with Crippen molar-refractivity contribution in [1.82, 2.24) is 0 Å². The molecule has 0 aliphatic carbocycles. The van der Waals surface area contributed by atoms with E-state index >= 15 is 0 Å². The predicted octanol–water partition coefficient (Wildman–Crippen LogP) is 4.74. The van der Waals surface area contributed by atoms with E-state index in [0.29, 0.717) is 29.2 Å². The Labute approximate surface area is 170 Å². The molecule has 0 aliphatic rings. The molecule has 3 rings (SSSR count). The second-order valence-electron chi connectivity index (χ2n) is 6.46. The van der Waals surface area contributed by atoms with Gasteiger partial charge in [-0.25, -0.2) is 4.79 Å². The summed E-state index contributed by atoms with van der Waals surface area (Å²) >= 11 is 0. The van der Waals surface area contributed by atoms with E-state index in [1.165, 1.54) is 18.7 Å². The van der Waals surface area contributed by atoms with E-state index in [1.807, 2.05) is 36.4 Å². The molecule has 5 heteroatoms. The van der Waals surface area contributed by atoms with E-state index < -0.39 is 5.97 Å². The minimum absolute atomic E-state index is 0.323. The van der Waals surface area contributed by atoms with Gasteiger partial charge in [-0.1, -0.05) is 48.5 Å². The predicted molar refractivity (Wildman–Crippen MR) is 112 cm³/mol. The number of rotatable bonds is 8. The molecule has 1 amide bonds. The summed E-state index contributed by atoms with van der Waals surface area (Å²) in [5, 5.41) is 2.85. The maximum atomic E-state index is 12.6. The van der Waals surface area contributed by atoms with Gasteiger partial charge in [-0.15, -0.1) is 0 Å². The molecular weight excluding hydrogens is 366 g/mol. The number of benzene rings is 3. The van der Waals surface area contributed by atoms with Gasteiger partial charge >= 0.3 is 5.97 Å². The molecule has 0 unspecified atom stereocenters. The van der Waals surface area contributed by atoms with Gasteiger partial charge in [0.2, 0.25) is 0 Å². The smallest absolute Gasteiger partial charge is 0.337 e. The number of esters is 1. The number of hydrogen-bond acceptors (Lipinski definition) is 4. The van der Waals surface area contributed by atoms with E-state index in [1.54, 1.807) is 24.3 Å². The van der Waals surface area contributed by atoms with Crippen molar-refractivity contribution in [2.75, 3.05) is 19.0 Å². The topological polar surface area (TPSA) is 64.6 Å². The van der Waals surface area contributed by atoms with Crippen LogP contribution in [-0.4, -0.2) is 25.6 Å². The van der Waals surface area contributed by atoms with Crippen LogP contribution in [0.3, 0.4) is 0 Å². The fourth-order valence-electron chi connectivity index (χ4n) is 2.90. The molecule has 3 aromatic rings. The molecule has 5 nitrogen and oxygen atoms in total. The summed E-state index contributed by atoms with van der Waals surface area (Å²) < 4.78 is 10.6. The second-order valence-corrected chi connectivity index (χ2v) is 6.46. The number of para-hydroxylation sites is 2. The van der Waals surface area contributed by atoms with Gasteiger partial charge in [-0.3, -0.25) is 4.79 Å². The number of aryl methyl sites for hydroxylation is 1. The van der Waals surface area contributed by atoms with Gasteiger partial charge in [0.15, 0.2) is 0 Å². The summed E-state index contributed by atoms with van der Waals surface area (Å²) in [6.45, 7) is 0.541. The lowest BCUT2D eigenvalue weighted by atomic mass is 10.1. The van der Waals surface area contributed by atoms with Gasteiger partial charge in [0.05, 0.1) is 25.0 Å². The van der Waals surface area contributed by atoms with Crippen LogP contribution in [0.4, 0.5) is 5.69 Å². The van der Waals surface area contributed by atoms with Crippen LogP contribution < -0.4 is 10.1 Å². The Balaban J connectivity index is 1.61. The molecule has 148 valence electrons. The van der Waals surface area contributed by atoms with Crippen LogP contribution in [0.15, 0.2) is 78.9 Å². The van der Waals surface area contributed by atoms with E-state index in [9.17, 15) is 9.59 Å². The largest absolute Gasteiger partial charge is 0.491 e. The highest BCUT2D eigenvalue weighted by molar-refractivity contribution is 6.06. The van der Waals surface area contributed by atoms with Crippen molar-refractivity contribution in [2.24, 2.45) is 0 Å². The molecule has 0 spiro atoms. The molecule has 0 saturated heterocycles. The Bertz CT molecular complexity index is 969. The van der Waals surface area contributed by atoms with E-state index in [0.717, 1.165) is 12.8 Å². The van der Waals surface area contributed by atoms with Crippen molar-refractivity contribution in [3.8, 4) is 5.75 Å². The van der Waals surface area contributed by atoms with Gasteiger partial charge in [0, 0.05) is 5.56 Å². The summed E-state index contributed by atoms with van der Waals surface area (Å²) in [6, 6.07) is 23.9. The average molecular weight is 389 g/mol. The molecule has 0 aliphatic heterocycles. The molecule has 1 N–H and O–H groups in total. The van der Waals surface area contributed by atoms with E-state index in [-0.39, 0.29) is 5.91 Å². The van der Waals surface area contributed by atoms with Crippen molar-refractivity contribution in [2.45, 2.75) is 12.8 Å². The average Bonchev–Trinajstić information content (AvgIpc) is 2.78. The molecule has 3 aromatic carbocycles. The first-order valence-corrected chi connectivity index (χ1v) is 9.43. The summed E-state index contributed by atoms with van der Waals surface area (Å²) in [5.74, 6) is -0.198. The summed E-state index contributed by atoms with van der Waals surface area (Å²) in [7, 11) is 1.31. The zero-order chi connectivity index (χ0) is 20.5. The molecule has 0 heterocycles. The first kappa shape index (κ1) is 20.1. The molecule has 0 fully saturated rings. The maximum Gasteiger partial charge on any atom is 0.337 e. The summed E-state index contributed by atoms with van der Waals surface area (Å²) in [5.41, 5.74) is 2.54. The lowest BCUT2D eigenvalue weighted by Gasteiger charge is -2.13. The van der Waals surface area contributed by atoms with Crippen LogP contribution >= 0.6 is 0 Å². The monoisotopic (exact) mass is 389 g/mol. The molecule has 0 saturated carbocycles. The summed E-state index contributed by atoms with van der Waals surface area (Å²) in [4.78, 5) is 24.3. The maximum absolute atomic E-state index is 12.6.